The van der Waals surface area contributed by atoms with E-state index < -0.39 is 5.92 Å². The van der Waals surface area contributed by atoms with Crippen LogP contribution in [0.5, 0.6) is 0 Å². The SMILES string of the molecule is CC(C)[C@H](C(=O)OCC(=O)c1ccc2c(c1)CCC2)c1ccc(Cl)cc1. The van der Waals surface area contributed by atoms with Gasteiger partial charge in [-0.05, 0) is 60.1 Å². The van der Waals surface area contributed by atoms with E-state index in [2.05, 4.69) is 0 Å². The molecule has 0 aromatic heterocycles. The lowest BCUT2D eigenvalue weighted by Crippen LogP contribution is -2.23. The molecule has 0 saturated carbocycles. The molecule has 0 saturated heterocycles. The number of carbonyl (C=O) groups excluding carboxylic acids is 2. The van der Waals surface area contributed by atoms with Gasteiger partial charge < -0.3 is 4.74 Å². The van der Waals surface area contributed by atoms with Crippen LogP contribution in [0.2, 0.25) is 5.02 Å². The lowest BCUT2D eigenvalue weighted by molar-refractivity contribution is -0.145. The Morgan fingerprint density at radius 3 is 2.42 bits per heavy atom. The monoisotopic (exact) mass is 370 g/mol. The van der Waals surface area contributed by atoms with E-state index in [-0.39, 0.29) is 24.3 Å². The number of Topliss-reactive ketones (excluding diaryl/α,β-unsaturated/α-hetero) is 1. The first kappa shape index (κ1) is 18.7. The fourth-order valence-electron chi connectivity index (χ4n) is 3.52. The van der Waals surface area contributed by atoms with Gasteiger partial charge in [-0.1, -0.05) is 49.7 Å². The van der Waals surface area contributed by atoms with Gasteiger partial charge in [0.15, 0.2) is 12.4 Å². The second-order valence-corrected chi connectivity index (χ2v) is 7.58. The lowest BCUT2D eigenvalue weighted by atomic mass is 9.88. The molecular weight excluding hydrogens is 348 g/mol. The number of benzene rings is 2. The number of hydrogen-bond donors (Lipinski definition) is 0. The number of rotatable bonds is 6. The Morgan fingerprint density at radius 2 is 1.73 bits per heavy atom. The van der Waals surface area contributed by atoms with Crippen LogP contribution < -0.4 is 0 Å². The summed E-state index contributed by atoms with van der Waals surface area (Å²) in [4.78, 5) is 25.0. The maximum atomic E-state index is 12.6. The van der Waals surface area contributed by atoms with Crippen LogP contribution in [0.15, 0.2) is 42.5 Å². The van der Waals surface area contributed by atoms with Gasteiger partial charge in [-0.25, -0.2) is 0 Å². The summed E-state index contributed by atoms with van der Waals surface area (Å²) in [7, 11) is 0. The Labute approximate surface area is 159 Å². The molecule has 0 N–H and O–H groups in total. The third-order valence-electron chi connectivity index (χ3n) is 4.92. The Hall–Kier alpha value is -2.13. The molecule has 1 atom stereocenters. The number of hydrogen-bond acceptors (Lipinski definition) is 3. The molecule has 26 heavy (non-hydrogen) atoms. The molecule has 2 aromatic rings. The molecule has 0 heterocycles. The van der Waals surface area contributed by atoms with Gasteiger partial charge in [0.1, 0.15) is 0 Å². The van der Waals surface area contributed by atoms with Crippen LogP contribution in [-0.4, -0.2) is 18.4 Å². The second kappa shape index (κ2) is 8.05. The molecular formula is C22H23ClO3. The van der Waals surface area contributed by atoms with Crippen molar-refractivity contribution in [3.8, 4) is 0 Å². The highest BCUT2D eigenvalue weighted by Crippen LogP contribution is 2.27. The summed E-state index contributed by atoms with van der Waals surface area (Å²) in [5.74, 6) is -0.901. The van der Waals surface area contributed by atoms with Crippen molar-refractivity contribution in [2.24, 2.45) is 5.92 Å². The Morgan fingerprint density at radius 1 is 1.04 bits per heavy atom. The predicted molar refractivity (Wildman–Crippen MR) is 103 cm³/mol. The average molecular weight is 371 g/mol. The zero-order valence-corrected chi connectivity index (χ0v) is 15.9. The topological polar surface area (TPSA) is 43.4 Å². The minimum atomic E-state index is -0.417. The molecule has 0 radical (unpaired) electrons. The second-order valence-electron chi connectivity index (χ2n) is 7.14. The number of esters is 1. The first-order valence-electron chi connectivity index (χ1n) is 9.03. The number of halogens is 1. The Kier molecular flexibility index (Phi) is 5.77. The highest BCUT2D eigenvalue weighted by Gasteiger charge is 2.26. The predicted octanol–water partition coefficient (Wildman–Crippen LogP) is 4.99. The molecule has 1 aliphatic rings. The molecule has 0 amide bonds. The molecule has 3 nitrogen and oxygen atoms in total. The molecule has 0 fully saturated rings. The molecule has 0 bridgehead atoms. The minimum Gasteiger partial charge on any atom is -0.457 e. The van der Waals surface area contributed by atoms with Crippen LogP contribution >= 0.6 is 11.6 Å². The molecule has 0 unspecified atom stereocenters. The van der Waals surface area contributed by atoms with Gasteiger partial charge in [0.05, 0.1) is 5.92 Å². The number of carbonyl (C=O) groups is 2. The third kappa shape index (κ3) is 4.16. The van der Waals surface area contributed by atoms with Crippen LogP contribution in [0.3, 0.4) is 0 Å². The van der Waals surface area contributed by atoms with Crippen LogP contribution in [0, 0.1) is 5.92 Å². The van der Waals surface area contributed by atoms with Crippen molar-refractivity contribution >= 4 is 23.4 Å². The van der Waals surface area contributed by atoms with Crippen molar-refractivity contribution in [1.29, 1.82) is 0 Å². The van der Waals surface area contributed by atoms with E-state index in [4.69, 9.17) is 16.3 Å². The van der Waals surface area contributed by atoms with Crippen molar-refractivity contribution in [1.82, 2.24) is 0 Å². The van der Waals surface area contributed by atoms with Gasteiger partial charge in [0, 0.05) is 10.6 Å². The van der Waals surface area contributed by atoms with Gasteiger partial charge in [0.25, 0.3) is 0 Å². The first-order chi connectivity index (χ1) is 12.5. The summed E-state index contributed by atoms with van der Waals surface area (Å²) in [6.45, 7) is 3.69. The van der Waals surface area contributed by atoms with E-state index in [0.717, 1.165) is 24.8 Å². The van der Waals surface area contributed by atoms with Crippen LogP contribution in [0.25, 0.3) is 0 Å². The van der Waals surface area contributed by atoms with E-state index in [0.29, 0.717) is 10.6 Å². The van der Waals surface area contributed by atoms with E-state index in [1.54, 1.807) is 12.1 Å². The standard InChI is InChI=1S/C22H23ClO3/c1-14(2)21(16-8-10-19(23)11-9-16)22(25)26-13-20(24)18-7-6-15-4-3-5-17(15)12-18/h6-12,14,21H,3-5,13H2,1-2H3/t21-/m0/s1. The van der Waals surface area contributed by atoms with Gasteiger partial charge in [0.2, 0.25) is 0 Å². The van der Waals surface area contributed by atoms with Gasteiger partial charge in [-0.15, -0.1) is 0 Å². The number of aryl methyl sites for hydroxylation is 2. The Balaban J connectivity index is 1.66. The average Bonchev–Trinajstić information content (AvgIpc) is 3.09. The summed E-state index contributed by atoms with van der Waals surface area (Å²) in [6, 6.07) is 13.0. The number of ketones is 1. The highest BCUT2D eigenvalue weighted by atomic mass is 35.5. The number of fused-ring (bicyclic) bond motifs is 1. The van der Waals surface area contributed by atoms with Crippen LogP contribution in [0.4, 0.5) is 0 Å². The molecule has 0 spiro atoms. The highest BCUT2D eigenvalue weighted by molar-refractivity contribution is 6.30. The summed E-state index contributed by atoms with van der Waals surface area (Å²) in [5, 5.41) is 0.622. The minimum absolute atomic E-state index is 0.0544. The quantitative estimate of drug-likeness (QED) is 0.531. The molecule has 2 aromatic carbocycles. The van der Waals surface area contributed by atoms with Crippen LogP contribution in [-0.2, 0) is 22.4 Å². The van der Waals surface area contributed by atoms with Crippen molar-refractivity contribution in [2.75, 3.05) is 6.61 Å². The van der Waals surface area contributed by atoms with Crippen molar-refractivity contribution in [3.05, 3.63) is 69.7 Å². The largest absolute Gasteiger partial charge is 0.457 e. The normalized spacial score (nSPS) is 14.2. The number of ether oxygens (including phenoxy) is 1. The third-order valence-corrected chi connectivity index (χ3v) is 5.17. The maximum absolute atomic E-state index is 12.6. The van der Waals surface area contributed by atoms with E-state index in [9.17, 15) is 9.59 Å². The molecule has 4 heteroatoms. The molecule has 1 aliphatic carbocycles. The van der Waals surface area contributed by atoms with E-state index >= 15 is 0 Å². The van der Waals surface area contributed by atoms with Crippen LogP contribution in [0.1, 0.15) is 53.2 Å². The van der Waals surface area contributed by atoms with E-state index in [1.165, 1.54) is 11.1 Å². The zero-order valence-electron chi connectivity index (χ0n) is 15.1. The van der Waals surface area contributed by atoms with Crippen molar-refractivity contribution < 1.29 is 14.3 Å². The maximum Gasteiger partial charge on any atom is 0.314 e. The summed E-state index contributed by atoms with van der Waals surface area (Å²) < 4.78 is 5.36. The first-order valence-corrected chi connectivity index (χ1v) is 9.40. The fourth-order valence-corrected chi connectivity index (χ4v) is 3.64. The summed E-state index contributed by atoms with van der Waals surface area (Å²) in [5.41, 5.74) is 4.02. The van der Waals surface area contributed by atoms with Gasteiger partial charge in [-0.3, -0.25) is 9.59 Å². The van der Waals surface area contributed by atoms with Crippen molar-refractivity contribution in [3.63, 3.8) is 0 Å². The summed E-state index contributed by atoms with van der Waals surface area (Å²) >= 11 is 5.93. The van der Waals surface area contributed by atoms with E-state index in [1.807, 2.05) is 44.2 Å². The summed E-state index contributed by atoms with van der Waals surface area (Å²) in [6.07, 6.45) is 3.23. The smallest absolute Gasteiger partial charge is 0.314 e. The van der Waals surface area contributed by atoms with Gasteiger partial charge >= 0.3 is 5.97 Å². The van der Waals surface area contributed by atoms with Crippen molar-refractivity contribution in [2.45, 2.75) is 39.0 Å². The molecule has 0 aliphatic heterocycles. The fraction of sp³-hybridized carbons (Fsp3) is 0.364. The Bertz CT molecular complexity index is 809. The lowest BCUT2D eigenvalue weighted by Gasteiger charge is -2.19. The van der Waals surface area contributed by atoms with Gasteiger partial charge in [-0.2, -0.15) is 0 Å². The zero-order chi connectivity index (χ0) is 18.7. The molecule has 3 rings (SSSR count). The molecule has 136 valence electrons.